The molecule has 3 aromatic rings. The predicted molar refractivity (Wildman–Crippen MR) is 113 cm³/mol. The van der Waals surface area contributed by atoms with Gasteiger partial charge in [-0.1, -0.05) is 29.4 Å². The van der Waals surface area contributed by atoms with Gasteiger partial charge < -0.3 is 4.74 Å². The van der Waals surface area contributed by atoms with Gasteiger partial charge in [0.05, 0.1) is 12.4 Å². The summed E-state index contributed by atoms with van der Waals surface area (Å²) < 4.78 is 7.16. The van der Waals surface area contributed by atoms with Gasteiger partial charge in [0.1, 0.15) is 5.75 Å². The van der Waals surface area contributed by atoms with E-state index < -0.39 is 0 Å². The summed E-state index contributed by atoms with van der Waals surface area (Å²) in [5.74, 6) is 1.51. The van der Waals surface area contributed by atoms with Crippen molar-refractivity contribution >= 4 is 29.1 Å². The maximum absolute atomic E-state index is 12.7. The highest BCUT2D eigenvalue weighted by molar-refractivity contribution is 8.00. The number of benzene rings is 2. The monoisotopic (exact) mass is 413 g/mol. The number of thioether (sulfide) groups is 1. The Morgan fingerprint density at radius 3 is 2.50 bits per heavy atom. The van der Waals surface area contributed by atoms with Crippen molar-refractivity contribution in [3.05, 3.63) is 71.8 Å². The van der Waals surface area contributed by atoms with E-state index in [4.69, 9.17) is 16.3 Å². The Morgan fingerprint density at radius 2 is 1.89 bits per heavy atom. The van der Waals surface area contributed by atoms with Crippen LogP contribution in [0.25, 0.3) is 11.4 Å². The van der Waals surface area contributed by atoms with Crippen molar-refractivity contribution in [2.45, 2.75) is 23.9 Å². The van der Waals surface area contributed by atoms with Crippen LogP contribution in [-0.2, 0) is 6.54 Å². The molecular weight excluding hydrogens is 394 g/mol. The van der Waals surface area contributed by atoms with E-state index in [2.05, 4.69) is 16.8 Å². The lowest BCUT2D eigenvalue weighted by Gasteiger charge is -2.12. The third-order valence-corrected chi connectivity index (χ3v) is 5.49. The Kier molecular flexibility index (Phi) is 6.54. The van der Waals surface area contributed by atoms with E-state index in [1.807, 2.05) is 35.8 Å². The molecule has 3 rings (SSSR count). The smallest absolute Gasteiger partial charge is 0.192 e. The van der Waals surface area contributed by atoms with Crippen LogP contribution in [0.3, 0.4) is 0 Å². The number of allylic oxidation sites excluding steroid dienone is 1. The van der Waals surface area contributed by atoms with E-state index in [-0.39, 0.29) is 11.0 Å². The van der Waals surface area contributed by atoms with E-state index in [0.717, 1.165) is 17.1 Å². The summed E-state index contributed by atoms with van der Waals surface area (Å²) >= 11 is 7.28. The normalized spacial score (nSPS) is 11.8. The maximum Gasteiger partial charge on any atom is 0.192 e. The second-order valence-corrected chi connectivity index (χ2v) is 7.81. The zero-order valence-corrected chi connectivity index (χ0v) is 17.2. The van der Waals surface area contributed by atoms with Gasteiger partial charge in [-0.05, 0) is 55.5 Å². The molecule has 0 aliphatic carbocycles. The first-order chi connectivity index (χ1) is 13.5. The molecule has 0 saturated heterocycles. The van der Waals surface area contributed by atoms with Crippen LogP contribution in [0.15, 0.2) is 66.3 Å². The van der Waals surface area contributed by atoms with Gasteiger partial charge in [-0.15, -0.1) is 16.8 Å². The molecule has 5 nitrogen and oxygen atoms in total. The van der Waals surface area contributed by atoms with E-state index in [9.17, 15) is 4.79 Å². The molecule has 7 heteroatoms. The van der Waals surface area contributed by atoms with Gasteiger partial charge in [0.25, 0.3) is 0 Å². The number of carbonyl (C=O) groups excluding carboxylic acids is 1. The summed E-state index contributed by atoms with van der Waals surface area (Å²) in [7, 11) is 1.63. The largest absolute Gasteiger partial charge is 0.497 e. The number of nitrogens with zero attached hydrogens (tertiary/aromatic N) is 3. The van der Waals surface area contributed by atoms with E-state index in [1.54, 1.807) is 37.5 Å². The van der Waals surface area contributed by atoms with Crippen molar-refractivity contribution in [2.75, 3.05) is 7.11 Å². The molecule has 0 unspecified atom stereocenters. The Morgan fingerprint density at radius 1 is 1.21 bits per heavy atom. The number of ketones is 1. The number of Topliss-reactive ketones (excluding diaryl/α,β-unsaturated/α-hetero) is 1. The summed E-state index contributed by atoms with van der Waals surface area (Å²) in [4.78, 5) is 12.7. The quantitative estimate of drug-likeness (QED) is 0.290. The molecule has 1 heterocycles. The van der Waals surface area contributed by atoms with Crippen LogP contribution in [0.4, 0.5) is 0 Å². The molecular formula is C21H20ClN3O2S. The fourth-order valence-electron chi connectivity index (χ4n) is 2.68. The van der Waals surface area contributed by atoms with E-state index in [0.29, 0.717) is 22.3 Å². The van der Waals surface area contributed by atoms with Gasteiger partial charge in [0.2, 0.25) is 0 Å². The zero-order chi connectivity index (χ0) is 20.1. The third kappa shape index (κ3) is 4.46. The molecule has 1 atom stereocenters. The van der Waals surface area contributed by atoms with Crippen molar-refractivity contribution in [1.82, 2.24) is 14.8 Å². The summed E-state index contributed by atoms with van der Waals surface area (Å²) in [5, 5.41) is 9.59. The number of carbonyl (C=O) groups is 1. The molecule has 0 amide bonds. The Hall–Kier alpha value is -2.57. The maximum atomic E-state index is 12.7. The minimum Gasteiger partial charge on any atom is -0.497 e. The van der Waals surface area contributed by atoms with Crippen molar-refractivity contribution in [1.29, 1.82) is 0 Å². The fraction of sp³-hybridized carbons (Fsp3) is 0.190. The molecule has 0 N–H and O–H groups in total. The summed E-state index contributed by atoms with van der Waals surface area (Å²) in [6.45, 7) is 6.23. The van der Waals surface area contributed by atoms with Crippen molar-refractivity contribution in [2.24, 2.45) is 0 Å². The lowest BCUT2D eigenvalue weighted by atomic mass is 10.1. The highest BCUT2D eigenvalue weighted by atomic mass is 35.5. The van der Waals surface area contributed by atoms with Gasteiger partial charge in [-0.25, -0.2) is 0 Å². The summed E-state index contributed by atoms with van der Waals surface area (Å²) in [6, 6.07) is 14.5. The number of aromatic nitrogens is 3. The molecule has 0 bridgehead atoms. The molecule has 2 aromatic carbocycles. The molecule has 0 aliphatic heterocycles. The van der Waals surface area contributed by atoms with Crippen molar-refractivity contribution < 1.29 is 9.53 Å². The Labute approximate surface area is 173 Å². The Bertz CT molecular complexity index is 968. The van der Waals surface area contributed by atoms with Gasteiger partial charge in [-0.3, -0.25) is 9.36 Å². The zero-order valence-electron chi connectivity index (χ0n) is 15.6. The van der Waals surface area contributed by atoms with Crippen LogP contribution < -0.4 is 4.74 Å². The molecule has 0 fully saturated rings. The highest BCUT2D eigenvalue weighted by Gasteiger charge is 2.21. The molecule has 1 aromatic heterocycles. The topological polar surface area (TPSA) is 57.0 Å². The SMILES string of the molecule is C=CCn1c(S[C@@H](C)C(=O)c2ccc(Cl)cc2)nnc1-c1ccc(OC)cc1. The molecule has 144 valence electrons. The van der Waals surface area contributed by atoms with Crippen LogP contribution in [0, 0.1) is 0 Å². The highest BCUT2D eigenvalue weighted by Crippen LogP contribution is 2.29. The van der Waals surface area contributed by atoms with Crippen LogP contribution in [0.2, 0.25) is 5.02 Å². The number of methoxy groups -OCH3 is 1. The molecule has 0 aliphatic rings. The minimum absolute atomic E-state index is 0.0146. The average molecular weight is 414 g/mol. The van der Waals surface area contributed by atoms with Gasteiger partial charge >= 0.3 is 0 Å². The van der Waals surface area contributed by atoms with Gasteiger partial charge in [-0.2, -0.15) is 0 Å². The molecule has 0 saturated carbocycles. The fourth-order valence-corrected chi connectivity index (χ4v) is 3.75. The van der Waals surface area contributed by atoms with Crippen LogP contribution in [0.1, 0.15) is 17.3 Å². The van der Waals surface area contributed by atoms with Crippen LogP contribution in [-0.4, -0.2) is 32.9 Å². The van der Waals surface area contributed by atoms with E-state index >= 15 is 0 Å². The first kappa shape index (κ1) is 20.2. The summed E-state index contributed by atoms with van der Waals surface area (Å²) in [6.07, 6.45) is 1.78. The van der Waals surface area contributed by atoms with Crippen molar-refractivity contribution in [3.63, 3.8) is 0 Å². The summed E-state index contributed by atoms with van der Waals surface area (Å²) in [5.41, 5.74) is 1.54. The minimum atomic E-state index is -0.322. The predicted octanol–water partition coefficient (Wildman–Crippen LogP) is 5.16. The third-order valence-electron chi connectivity index (χ3n) is 4.16. The number of ether oxygens (including phenoxy) is 1. The van der Waals surface area contributed by atoms with Gasteiger partial charge in [0, 0.05) is 22.7 Å². The number of hydrogen-bond donors (Lipinski definition) is 0. The lowest BCUT2D eigenvalue weighted by Crippen LogP contribution is -2.14. The number of hydrogen-bond acceptors (Lipinski definition) is 5. The lowest BCUT2D eigenvalue weighted by molar-refractivity contribution is 0.0994. The van der Waals surface area contributed by atoms with Crippen molar-refractivity contribution in [3.8, 4) is 17.1 Å². The van der Waals surface area contributed by atoms with Gasteiger partial charge in [0.15, 0.2) is 16.8 Å². The molecule has 0 radical (unpaired) electrons. The average Bonchev–Trinajstić information content (AvgIpc) is 3.10. The standard InChI is InChI=1S/C21H20ClN3O2S/c1-4-13-25-20(16-7-11-18(27-3)12-8-16)23-24-21(25)28-14(2)19(26)15-5-9-17(22)10-6-15/h4-12,14H,1,13H2,2-3H3/t14-/m0/s1. The van der Waals surface area contributed by atoms with E-state index in [1.165, 1.54) is 11.8 Å². The number of rotatable bonds is 8. The second-order valence-electron chi connectivity index (χ2n) is 6.07. The van der Waals surface area contributed by atoms with Crippen LogP contribution >= 0.6 is 23.4 Å². The first-order valence-corrected chi connectivity index (χ1v) is 9.94. The molecule has 0 spiro atoms. The second kappa shape index (κ2) is 9.08. The first-order valence-electron chi connectivity index (χ1n) is 8.68. The molecule has 28 heavy (non-hydrogen) atoms. The van der Waals surface area contributed by atoms with Crippen LogP contribution in [0.5, 0.6) is 5.75 Å². The number of halogens is 1. The Balaban J connectivity index is 1.85.